The highest BCUT2D eigenvalue weighted by Crippen LogP contribution is 2.33. The summed E-state index contributed by atoms with van der Waals surface area (Å²) in [6.45, 7) is 7.87. The Morgan fingerprint density at radius 1 is 1.18 bits per heavy atom. The van der Waals surface area contributed by atoms with Crippen molar-refractivity contribution in [1.82, 2.24) is 20.1 Å². The van der Waals surface area contributed by atoms with E-state index in [-0.39, 0.29) is 16.3 Å². The number of aliphatic hydroxyl groups excluding tert-OH is 1. The zero-order valence-electron chi connectivity index (χ0n) is 22.4. The number of carbonyl (C=O) groups is 2. The van der Waals surface area contributed by atoms with Crippen molar-refractivity contribution in [2.24, 2.45) is 7.05 Å². The van der Waals surface area contributed by atoms with Gasteiger partial charge >= 0.3 is 6.09 Å². The number of aliphatic hydroxyl groups is 1. The molecule has 1 aliphatic heterocycles. The minimum atomic E-state index is -0.788. The van der Waals surface area contributed by atoms with E-state index in [1.54, 1.807) is 39.4 Å². The third-order valence-electron chi connectivity index (χ3n) is 6.21. The minimum Gasteiger partial charge on any atom is -0.444 e. The first-order valence-electron chi connectivity index (χ1n) is 12.5. The second-order valence-electron chi connectivity index (χ2n) is 10.4. The second-order valence-corrected chi connectivity index (χ2v) is 11.6. The van der Waals surface area contributed by atoms with Crippen LogP contribution in [0.4, 0.5) is 25.1 Å². The molecule has 2 aromatic heterocycles. The molecule has 10 nitrogen and oxygen atoms in total. The Kier molecular flexibility index (Phi) is 8.21. The Morgan fingerprint density at radius 3 is 2.51 bits per heavy atom. The first-order chi connectivity index (χ1) is 18.3. The summed E-state index contributed by atoms with van der Waals surface area (Å²) in [7, 11) is 1.73. The predicted molar refractivity (Wildman–Crippen MR) is 144 cm³/mol. The lowest BCUT2D eigenvalue weighted by Crippen LogP contribution is -2.45. The highest BCUT2D eigenvalue weighted by Gasteiger charge is 2.30. The van der Waals surface area contributed by atoms with E-state index in [4.69, 9.17) is 4.74 Å². The molecule has 3 heterocycles. The molecule has 1 aliphatic rings. The molecule has 0 bridgehead atoms. The van der Waals surface area contributed by atoms with Crippen LogP contribution >= 0.6 is 11.3 Å². The van der Waals surface area contributed by atoms with Gasteiger partial charge in [-0.1, -0.05) is 6.07 Å². The van der Waals surface area contributed by atoms with E-state index in [0.29, 0.717) is 42.3 Å². The third kappa shape index (κ3) is 6.53. The maximum atomic E-state index is 14.3. The molecule has 1 saturated heterocycles. The van der Waals surface area contributed by atoms with Crippen LogP contribution < -0.4 is 15.5 Å². The van der Waals surface area contributed by atoms with E-state index in [9.17, 15) is 23.5 Å². The number of nitrogens with zero attached hydrogens (tertiary/aromatic N) is 4. The number of carbonyl (C=O) groups excluding carboxylic acids is 2. The Bertz CT molecular complexity index is 1350. The molecule has 3 N–H and O–H groups in total. The normalized spacial score (nSPS) is 18.0. The molecule has 0 spiro atoms. The van der Waals surface area contributed by atoms with Crippen molar-refractivity contribution in [3.05, 3.63) is 46.6 Å². The summed E-state index contributed by atoms with van der Waals surface area (Å²) < 4.78 is 35.5. The number of nitrogens with one attached hydrogen (secondary N) is 2. The number of amides is 2. The summed E-state index contributed by atoms with van der Waals surface area (Å²) in [5.74, 6) is -1.44. The maximum Gasteiger partial charge on any atom is 0.407 e. The van der Waals surface area contributed by atoms with Crippen LogP contribution in [-0.2, 0) is 11.8 Å². The van der Waals surface area contributed by atoms with Crippen LogP contribution in [0.3, 0.4) is 0 Å². The lowest BCUT2D eigenvalue weighted by Gasteiger charge is -2.25. The summed E-state index contributed by atoms with van der Waals surface area (Å²) in [4.78, 5) is 32.1. The molecule has 0 unspecified atom stereocenters. The number of aryl methyl sites for hydroxylation is 2. The van der Waals surface area contributed by atoms with Crippen molar-refractivity contribution in [2.45, 2.75) is 58.3 Å². The van der Waals surface area contributed by atoms with E-state index < -0.39 is 41.4 Å². The summed E-state index contributed by atoms with van der Waals surface area (Å²) in [5.41, 5.74) is -0.459. The SMILES string of the molecule is Cc1sc(-c2c(F)cccc2F)nc1C(=O)Nc1cnn(C)c1N1CC[C@@H](O)[C@@H](NC(=O)OC(C)(C)C)CC1. The maximum absolute atomic E-state index is 14.3. The summed E-state index contributed by atoms with van der Waals surface area (Å²) >= 11 is 1.03. The standard InChI is InChI=1S/C26H32F2N6O4S/c1-14-21(32-23(39-14)20-15(27)7-6-8-16(20)28)22(36)30-18-13-29-33(5)24(18)34-11-9-17(19(35)10-12-34)31-25(37)38-26(2,3)4/h6-8,13,17,19,35H,9-12H2,1-5H3,(H,30,36)(H,31,37)/t17-,19+/m0/s1. The van der Waals surface area contributed by atoms with Crippen molar-refractivity contribution in [2.75, 3.05) is 23.3 Å². The number of alkyl carbamates (subject to hydrolysis) is 1. The number of hydrogen-bond donors (Lipinski definition) is 3. The van der Waals surface area contributed by atoms with Crippen molar-refractivity contribution >= 4 is 34.8 Å². The van der Waals surface area contributed by atoms with Gasteiger partial charge in [0.25, 0.3) is 5.91 Å². The van der Waals surface area contributed by atoms with Crippen LogP contribution in [0.25, 0.3) is 10.6 Å². The van der Waals surface area contributed by atoms with Gasteiger partial charge in [0.2, 0.25) is 0 Å². The number of anilines is 2. The van der Waals surface area contributed by atoms with Crippen LogP contribution in [0, 0.1) is 18.6 Å². The fraction of sp³-hybridized carbons (Fsp3) is 0.462. The van der Waals surface area contributed by atoms with Gasteiger partial charge < -0.3 is 25.4 Å². The number of rotatable bonds is 5. The topological polar surface area (TPSA) is 122 Å². The van der Waals surface area contributed by atoms with Gasteiger partial charge in [0.05, 0.1) is 23.9 Å². The number of ether oxygens (including phenoxy) is 1. The van der Waals surface area contributed by atoms with Crippen molar-refractivity contribution in [1.29, 1.82) is 0 Å². The van der Waals surface area contributed by atoms with Crippen molar-refractivity contribution in [3.63, 3.8) is 0 Å². The lowest BCUT2D eigenvalue weighted by atomic mass is 10.1. The van der Waals surface area contributed by atoms with Gasteiger partial charge in [-0.3, -0.25) is 9.48 Å². The van der Waals surface area contributed by atoms with Crippen LogP contribution in [0.5, 0.6) is 0 Å². The fourth-order valence-electron chi connectivity index (χ4n) is 4.42. The van der Waals surface area contributed by atoms with Crippen molar-refractivity contribution < 1.29 is 28.2 Å². The molecule has 4 rings (SSSR count). The number of benzene rings is 1. The number of halogens is 2. The molecule has 210 valence electrons. The molecule has 2 atom stereocenters. The van der Waals surface area contributed by atoms with E-state index >= 15 is 0 Å². The third-order valence-corrected chi connectivity index (χ3v) is 7.20. The van der Waals surface area contributed by atoms with Gasteiger partial charge in [0, 0.05) is 25.0 Å². The Balaban J connectivity index is 1.49. The zero-order valence-corrected chi connectivity index (χ0v) is 23.2. The summed E-state index contributed by atoms with van der Waals surface area (Å²) in [6, 6.07) is 3.04. The molecule has 3 aromatic rings. The van der Waals surface area contributed by atoms with Crippen molar-refractivity contribution in [3.8, 4) is 10.6 Å². The average molecular weight is 563 g/mol. The highest BCUT2D eigenvalue weighted by atomic mass is 32.1. The van der Waals surface area contributed by atoms with Crippen LogP contribution in [-0.4, -0.2) is 62.7 Å². The molecule has 1 fully saturated rings. The van der Waals surface area contributed by atoms with E-state index in [1.165, 1.54) is 12.3 Å². The van der Waals surface area contributed by atoms with Gasteiger partial charge in [-0.2, -0.15) is 5.10 Å². The molecule has 0 aliphatic carbocycles. The first-order valence-corrected chi connectivity index (χ1v) is 13.3. The van der Waals surface area contributed by atoms with Crippen LogP contribution in [0.15, 0.2) is 24.4 Å². The van der Waals surface area contributed by atoms with E-state index in [1.807, 2.05) is 4.90 Å². The molecular weight excluding hydrogens is 530 g/mol. The Labute approximate surface area is 229 Å². The monoisotopic (exact) mass is 562 g/mol. The summed E-state index contributed by atoms with van der Waals surface area (Å²) in [5, 5.41) is 20.6. The number of thiazole rings is 1. The minimum absolute atomic E-state index is 0.0559. The molecular formula is C26H32F2N6O4S. The Morgan fingerprint density at radius 2 is 1.85 bits per heavy atom. The molecule has 0 saturated carbocycles. The fourth-order valence-corrected chi connectivity index (χ4v) is 5.38. The van der Waals surface area contributed by atoms with Gasteiger partial charge in [0.15, 0.2) is 5.82 Å². The molecule has 1 aromatic carbocycles. The highest BCUT2D eigenvalue weighted by molar-refractivity contribution is 7.15. The molecule has 2 amide bonds. The van der Waals surface area contributed by atoms with E-state index in [2.05, 4.69) is 20.7 Å². The lowest BCUT2D eigenvalue weighted by molar-refractivity contribution is 0.0419. The second kappa shape index (κ2) is 11.3. The van der Waals surface area contributed by atoms with Gasteiger partial charge in [-0.05, 0) is 52.7 Å². The van der Waals surface area contributed by atoms with Crippen LogP contribution in [0.1, 0.15) is 49.0 Å². The average Bonchev–Trinajstić information content (AvgIpc) is 3.33. The Hall–Kier alpha value is -3.58. The van der Waals surface area contributed by atoms with Gasteiger partial charge in [-0.15, -0.1) is 11.3 Å². The quantitative estimate of drug-likeness (QED) is 0.425. The molecule has 13 heteroatoms. The number of aromatic nitrogens is 3. The first kappa shape index (κ1) is 28.4. The smallest absolute Gasteiger partial charge is 0.407 e. The summed E-state index contributed by atoms with van der Waals surface area (Å²) in [6.07, 6.45) is 0.915. The predicted octanol–water partition coefficient (Wildman–Crippen LogP) is 4.24. The van der Waals surface area contributed by atoms with Gasteiger partial charge in [0.1, 0.15) is 33.6 Å². The van der Waals surface area contributed by atoms with Gasteiger partial charge in [-0.25, -0.2) is 18.6 Å². The number of hydrogen-bond acceptors (Lipinski definition) is 8. The van der Waals surface area contributed by atoms with E-state index in [0.717, 1.165) is 23.5 Å². The van der Waals surface area contributed by atoms with Crippen LogP contribution in [0.2, 0.25) is 0 Å². The molecule has 0 radical (unpaired) electrons. The molecule has 39 heavy (non-hydrogen) atoms. The largest absolute Gasteiger partial charge is 0.444 e. The zero-order chi connectivity index (χ0) is 28.5.